The summed E-state index contributed by atoms with van der Waals surface area (Å²) in [4.78, 5) is 12.3. The van der Waals surface area contributed by atoms with Crippen LogP contribution in [0.4, 0.5) is 10.1 Å². The number of nitrogens with one attached hydrogen (secondary N) is 1. The number of hydrogen-bond acceptors (Lipinski definition) is 3. The van der Waals surface area contributed by atoms with Gasteiger partial charge < -0.3 is 14.8 Å². The predicted molar refractivity (Wildman–Crippen MR) is 76.0 cm³/mol. The van der Waals surface area contributed by atoms with E-state index in [-0.39, 0.29) is 11.8 Å². The van der Waals surface area contributed by atoms with Crippen LogP contribution in [0, 0.1) is 5.82 Å². The first-order chi connectivity index (χ1) is 10.2. The van der Waals surface area contributed by atoms with Gasteiger partial charge in [-0.3, -0.25) is 4.79 Å². The Bertz CT molecular complexity index is 655. The fourth-order valence-corrected chi connectivity index (χ4v) is 1.88. The first kappa shape index (κ1) is 13.6. The topological polar surface area (TPSA) is 50.9 Å². The number of ether oxygens (including phenoxy) is 2. The monoisotopic (exact) mass is 287 g/mol. The molecule has 5 heteroatoms. The van der Waals surface area contributed by atoms with Crippen molar-refractivity contribution in [2.75, 3.05) is 18.5 Å². The first-order valence-electron chi connectivity index (χ1n) is 6.63. The quantitative estimate of drug-likeness (QED) is 0.860. The van der Waals surface area contributed by atoms with Crippen molar-refractivity contribution in [3.05, 3.63) is 59.9 Å². The molecule has 1 unspecified atom stereocenters. The Labute approximate surface area is 121 Å². The van der Waals surface area contributed by atoms with Gasteiger partial charge in [-0.2, -0.15) is 0 Å². The fraction of sp³-hybridized carbons (Fsp3) is 0.188. The van der Waals surface area contributed by atoms with Crippen molar-refractivity contribution in [2.24, 2.45) is 0 Å². The van der Waals surface area contributed by atoms with Crippen LogP contribution in [0.25, 0.3) is 0 Å². The molecule has 1 aliphatic rings. The standard InChI is InChI=1S/C16H14FNO3/c17-13-6-2-3-7-14(13)18-16(19)12-5-1-4-8-15(12)21-10-11-9-20-11/h1-8,11H,9-10H2,(H,18,19). The lowest BCUT2D eigenvalue weighted by atomic mass is 10.2. The van der Waals surface area contributed by atoms with Gasteiger partial charge >= 0.3 is 0 Å². The summed E-state index contributed by atoms with van der Waals surface area (Å²) in [5.74, 6) is -0.426. The minimum Gasteiger partial charge on any atom is -0.490 e. The zero-order valence-electron chi connectivity index (χ0n) is 11.2. The Morgan fingerprint density at radius 1 is 1.24 bits per heavy atom. The first-order valence-corrected chi connectivity index (χ1v) is 6.63. The second-order valence-corrected chi connectivity index (χ2v) is 4.70. The molecule has 2 aromatic carbocycles. The molecule has 4 nitrogen and oxygen atoms in total. The molecule has 0 saturated carbocycles. The number of carbonyl (C=O) groups excluding carboxylic acids is 1. The maximum atomic E-state index is 13.6. The van der Waals surface area contributed by atoms with Gasteiger partial charge in [0.15, 0.2) is 0 Å². The van der Waals surface area contributed by atoms with Gasteiger partial charge in [0.25, 0.3) is 5.91 Å². The summed E-state index contributed by atoms with van der Waals surface area (Å²) in [7, 11) is 0. The molecule has 21 heavy (non-hydrogen) atoms. The van der Waals surface area contributed by atoms with Crippen molar-refractivity contribution in [1.29, 1.82) is 0 Å². The molecule has 108 valence electrons. The van der Waals surface area contributed by atoms with Gasteiger partial charge in [-0.25, -0.2) is 4.39 Å². The van der Waals surface area contributed by atoms with Gasteiger partial charge in [0.1, 0.15) is 24.3 Å². The normalized spacial score (nSPS) is 16.3. The van der Waals surface area contributed by atoms with Gasteiger partial charge in [0, 0.05) is 0 Å². The highest BCUT2D eigenvalue weighted by Gasteiger charge is 2.24. The van der Waals surface area contributed by atoms with E-state index in [0.29, 0.717) is 24.5 Å². The Balaban J connectivity index is 1.75. The van der Waals surface area contributed by atoms with E-state index in [9.17, 15) is 9.18 Å². The Hall–Kier alpha value is -2.40. The Kier molecular flexibility index (Phi) is 3.83. The number of anilines is 1. The third-order valence-electron chi connectivity index (χ3n) is 3.08. The Morgan fingerprint density at radius 3 is 2.71 bits per heavy atom. The minimum absolute atomic E-state index is 0.104. The molecule has 0 bridgehead atoms. The van der Waals surface area contributed by atoms with Gasteiger partial charge in [0.2, 0.25) is 0 Å². The van der Waals surface area contributed by atoms with Gasteiger partial charge in [-0.1, -0.05) is 24.3 Å². The summed E-state index contributed by atoms with van der Waals surface area (Å²) in [6.45, 7) is 1.09. The van der Waals surface area contributed by atoms with E-state index in [0.717, 1.165) is 0 Å². The van der Waals surface area contributed by atoms with E-state index in [1.165, 1.54) is 12.1 Å². The summed E-state index contributed by atoms with van der Waals surface area (Å²) in [5.41, 5.74) is 0.504. The van der Waals surface area contributed by atoms with Crippen LogP contribution >= 0.6 is 0 Å². The molecule has 1 N–H and O–H groups in total. The number of hydrogen-bond donors (Lipinski definition) is 1. The summed E-state index contributed by atoms with van der Waals surface area (Å²) >= 11 is 0. The van der Waals surface area contributed by atoms with Gasteiger partial charge in [0.05, 0.1) is 17.9 Å². The van der Waals surface area contributed by atoms with E-state index in [1.54, 1.807) is 36.4 Å². The number of rotatable bonds is 5. The number of para-hydroxylation sites is 2. The van der Waals surface area contributed by atoms with Crippen molar-refractivity contribution < 1.29 is 18.7 Å². The molecule has 1 fully saturated rings. The van der Waals surface area contributed by atoms with E-state index >= 15 is 0 Å². The highest BCUT2D eigenvalue weighted by Crippen LogP contribution is 2.22. The third kappa shape index (κ3) is 3.38. The molecule has 3 rings (SSSR count). The van der Waals surface area contributed by atoms with Crippen molar-refractivity contribution in [1.82, 2.24) is 0 Å². The Morgan fingerprint density at radius 2 is 1.95 bits per heavy atom. The summed E-state index contributed by atoms with van der Waals surface area (Å²) in [6.07, 6.45) is 0.104. The average Bonchev–Trinajstić information content (AvgIpc) is 3.32. The zero-order valence-corrected chi connectivity index (χ0v) is 11.2. The van der Waals surface area contributed by atoms with Crippen LogP contribution in [-0.4, -0.2) is 25.2 Å². The SMILES string of the molecule is O=C(Nc1ccccc1F)c1ccccc1OCC1CO1. The molecule has 0 aliphatic carbocycles. The molecule has 1 atom stereocenters. The van der Waals surface area contributed by atoms with Crippen molar-refractivity contribution in [2.45, 2.75) is 6.10 Å². The number of carbonyl (C=O) groups is 1. The van der Waals surface area contributed by atoms with Crippen LogP contribution in [0.1, 0.15) is 10.4 Å². The highest BCUT2D eigenvalue weighted by atomic mass is 19.1. The number of halogens is 1. The van der Waals surface area contributed by atoms with E-state index in [4.69, 9.17) is 9.47 Å². The number of epoxide rings is 1. The molecule has 1 aliphatic heterocycles. The summed E-state index contributed by atoms with van der Waals surface area (Å²) in [6, 6.07) is 12.9. The van der Waals surface area contributed by atoms with Crippen molar-refractivity contribution >= 4 is 11.6 Å². The number of amides is 1. The van der Waals surface area contributed by atoms with E-state index in [2.05, 4.69) is 5.32 Å². The second-order valence-electron chi connectivity index (χ2n) is 4.70. The van der Waals surface area contributed by atoms with Crippen LogP contribution in [-0.2, 0) is 4.74 Å². The molecule has 0 radical (unpaired) electrons. The average molecular weight is 287 g/mol. The molecule has 2 aromatic rings. The molecular formula is C16H14FNO3. The smallest absolute Gasteiger partial charge is 0.259 e. The predicted octanol–water partition coefficient (Wildman–Crippen LogP) is 2.86. The number of benzene rings is 2. The van der Waals surface area contributed by atoms with Crippen molar-refractivity contribution in [3.8, 4) is 5.75 Å². The van der Waals surface area contributed by atoms with Gasteiger partial charge in [-0.05, 0) is 24.3 Å². The molecule has 1 heterocycles. The summed E-state index contributed by atoms with van der Waals surface area (Å²) < 4.78 is 24.2. The largest absolute Gasteiger partial charge is 0.490 e. The maximum absolute atomic E-state index is 13.6. The van der Waals surface area contributed by atoms with Crippen LogP contribution in [0.3, 0.4) is 0 Å². The molecule has 1 saturated heterocycles. The molecule has 1 amide bonds. The van der Waals surface area contributed by atoms with Gasteiger partial charge in [-0.15, -0.1) is 0 Å². The van der Waals surface area contributed by atoms with Crippen LogP contribution in [0.2, 0.25) is 0 Å². The second kappa shape index (κ2) is 5.93. The van der Waals surface area contributed by atoms with E-state index in [1.807, 2.05) is 0 Å². The summed E-state index contributed by atoms with van der Waals surface area (Å²) in [5, 5.41) is 2.54. The van der Waals surface area contributed by atoms with Crippen molar-refractivity contribution in [3.63, 3.8) is 0 Å². The maximum Gasteiger partial charge on any atom is 0.259 e. The lowest BCUT2D eigenvalue weighted by molar-refractivity contribution is 0.102. The van der Waals surface area contributed by atoms with Crippen LogP contribution in [0.15, 0.2) is 48.5 Å². The third-order valence-corrected chi connectivity index (χ3v) is 3.08. The van der Waals surface area contributed by atoms with Crippen LogP contribution in [0.5, 0.6) is 5.75 Å². The molecular weight excluding hydrogens is 273 g/mol. The van der Waals surface area contributed by atoms with E-state index < -0.39 is 11.7 Å². The highest BCUT2D eigenvalue weighted by molar-refractivity contribution is 6.06. The molecule has 0 spiro atoms. The lowest BCUT2D eigenvalue weighted by Gasteiger charge is -2.11. The molecule has 0 aromatic heterocycles. The van der Waals surface area contributed by atoms with Crippen LogP contribution < -0.4 is 10.1 Å². The lowest BCUT2D eigenvalue weighted by Crippen LogP contribution is -2.15. The zero-order chi connectivity index (χ0) is 14.7. The fourth-order valence-electron chi connectivity index (χ4n) is 1.88. The minimum atomic E-state index is -0.476.